The smallest absolute Gasteiger partial charge is 0.342 e. The lowest BCUT2D eigenvalue weighted by Crippen LogP contribution is -2.25. The molecule has 1 saturated heterocycles. The van der Waals surface area contributed by atoms with Crippen LogP contribution in [-0.4, -0.2) is 24.4 Å². The summed E-state index contributed by atoms with van der Waals surface area (Å²) in [6.45, 7) is 5.17. The van der Waals surface area contributed by atoms with Crippen LogP contribution < -0.4 is 5.32 Å². The summed E-state index contributed by atoms with van der Waals surface area (Å²) in [5.41, 5.74) is 2.37. The lowest BCUT2D eigenvalue weighted by molar-refractivity contribution is -0.140. The van der Waals surface area contributed by atoms with E-state index < -0.39 is 23.7 Å². The number of hydrogen-bond acceptors (Lipinski definition) is 4. The predicted octanol–water partition coefficient (Wildman–Crippen LogP) is -0.0765. The molecule has 0 aliphatic carbocycles. The van der Waals surface area contributed by atoms with Crippen molar-refractivity contribution >= 4 is 17.8 Å². The summed E-state index contributed by atoms with van der Waals surface area (Å²) in [4.78, 5) is 33.5. The molecule has 0 saturated carbocycles. The molecule has 1 atom stereocenters. The lowest BCUT2D eigenvalue weighted by Gasteiger charge is -2.07. The summed E-state index contributed by atoms with van der Waals surface area (Å²) in [5.74, 6) is -2.36. The Morgan fingerprint density at radius 2 is 2.33 bits per heavy atom. The van der Waals surface area contributed by atoms with Crippen LogP contribution in [-0.2, 0) is 19.1 Å². The van der Waals surface area contributed by atoms with Gasteiger partial charge >= 0.3 is 5.97 Å². The molecule has 1 aliphatic heterocycles. The minimum atomic E-state index is -0.811. The van der Waals surface area contributed by atoms with Crippen molar-refractivity contribution in [1.29, 1.82) is 0 Å². The Kier molecular flexibility index (Phi) is 3.42. The van der Waals surface area contributed by atoms with E-state index in [0.29, 0.717) is 0 Å². The van der Waals surface area contributed by atoms with Crippen molar-refractivity contribution in [2.24, 2.45) is 5.92 Å². The number of amides is 2. The van der Waals surface area contributed by atoms with Gasteiger partial charge in [0.15, 0.2) is 0 Å². The quantitative estimate of drug-likeness (QED) is 0.305. The highest BCUT2D eigenvalue weighted by atomic mass is 16.5. The van der Waals surface area contributed by atoms with Crippen molar-refractivity contribution in [1.82, 2.24) is 5.32 Å². The topological polar surface area (TPSA) is 72.5 Å². The van der Waals surface area contributed by atoms with Gasteiger partial charge < -0.3 is 4.74 Å². The van der Waals surface area contributed by atoms with Crippen molar-refractivity contribution < 1.29 is 19.1 Å². The number of hydrogen-bond donors (Lipinski definition) is 1. The van der Waals surface area contributed by atoms with Crippen molar-refractivity contribution in [3.63, 3.8) is 0 Å². The molecule has 0 aromatic heterocycles. The summed E-state index contributed by atoms with van der Waals surface area (Å²) in [6.07, 6.45) is -0.0461. The van der Waals surface area contributed by atoms with Gasteiger partial charge in [-0.2, -0.15) is 0 Å². The van der Waals surface area contributed by atoms with Crippen LogP contribution in [0.5, 0.6) is 0 Å². The maximum atomic E-state index is 11.4. The van der Waals surface area contributed by atoms with E-state index in [0.717, 1.165) is 0 Å². The molecular weight excluding hydrogens is 198 g/mol. The Labute approximate surface area is 86.8 Å². The van der Waals surface area contributed by atoms with Crippen LogP contribution in [0.3, 0.4) is 0 Å². The van der Waals surface area contributed by atoms with Crippen LogP contribution in [0.2, 0.25) is 0 Å². The van der Waals surface area contributed by atoms with Gasteiger partial charge in [0.25, 0.3) is 0 Å². The number of imide groups is 1. The molecule has 0 radical (unpaired) electrons. The normalized spacial score (nSPS) is 19.4. The number of esters is 1. The maximum absolute atomic E-state index is 11.4. The fourth-order valence-electron chi connectivity index (χ4n) is 1.33. The average molecular weight is 209 g/mol. The van der Waals surface area contributed by atoms with Gasteiger partial charge in [0.1, 0.15) is 0 Å². The van der Waals surface area contributed by atoms with Crippen molar-refractivity contribution in [3.05, 3.63) is 17.9 Å². The van der Waals surface area contributed by atoms with E-state index in [-0.39, 0.29) is 18.6 Å². The number of carbonyl (C=O) groups is 3. The van der Waals surface area contributed by atoms with Gasteiger partial charge in [-0.05, 0) is 6.92 Å². The highest BCUT2D eigenvalue weighted by Gasteiger charge is 2.36. The fourth-order valence-corrected chi connectivity index (χ4v) is 1.33. The molecule has 2 amide bonds. The number of ether oxygens (including phenoxy) is 1. The molecule has 0 spiro atoms. The fraction of sp³-hybridized carbons (Fsp3) is 0.400. The van der Waals surface area contributed by atoms with Crippen LogP contribution in [0, 0.1) is 5.92 Å². The molecule has 15 heavy (non-hydrogen) atoms. The zero-order chi connectivity index (χ0) is 11.4. The molecule has 0 unspecified atom stereocenters. The first kappa shape index (κ1) is 11.2. The third-order valence-electron chi connectivity index (χ3n) is 2.00. The van der Waals surface area contributed by atoms with Crippen LogP contribution in [0.25, 0.3) is 0 Å². The zero-order valence-electron chi connectivity index (χ0n) is 8.33. The third kappa shape index (κ3) is 2.33. The standard InChI is InChI=1S/C10H11NO4/c1-3-6(10(14)15-4-2)7-5-8(12)11-9(7)13/h7H,1,4-5H2,2H3,(H,11,12,13)/t7-/m1/s1. The third-order valence-corrected chi connectivity index (χ3v) is 2.00. The van der Waals surface area contributed by atoms with E-state index in [1.165, 1.54) is 0 Å². The summed E-state index contributed by atoms with van der Waals surface area (Å²) >= 11 is 0. The maximum Gasteiger partial charge on any atom is 0.342 e. The van der Waals surface area contributed by atoms with E-state index in [1.807, 2.05) is 0 Å². The van der Waals surface area contributed by atoms with Gasteiger partial charge in [-0.25, -0.2) is 4.79 Å². The minimum Gasteiger partial charge on any atom is -0.462 e. The predicted molar refractivity (Wildman–Crippen MR) is 50.5 cm³/mol. The average Bonchev–Trinajstić information content (AvgIpc) is 2.47. The molecule has 0 aromatic rings. The van der Waals surface area contributed by atoms with E-state index in [4.69, 9.17) is 4.74 Å². The molecule has 0 aromatic carbocycles. The van der Waals surface area contributed by atoms with Crippen molar-refractivity contribution in [2.75, 3.05) is 6.61 Å². The zero-order valence-corrected chi connectivity index (χ0v) is 8.33. The van der Waals surface area contributed by atoms with Gasteiger partial charge in [-0.3, -0.25) is 14.9 Å². The van der Waals surface area contributed by atoms with Crippen molar-refractivity contribution in [3.8, 4) is 0 Å². The van der Waals surface area contributed by atoms with Crippen LogP contribution in [0.1, 0.15) is 13.3 Å². The highest BCUT2D eigenvalue weighted by molar-refractivity contribution is 6.09. The highest BCUT2D eigenvalue weighted by Crippen LogP contribution is 2.20. The molecule has 1 N–H and O–H groups in total. The minimum absolute atomic E-state index is 0.0141. The molecule has 1 fully saturated rings. The largest absolute Gasteiger partial charge is 0.462 e. The molecule has 5 nitrogen and oxygen atoms in total. The first-order chi connectivity index (χ1) is 7.10. The SMILES string of the molecule is C=C=C(C(=O)OCC)[C@H]1CC(=O)NC1=O. The lowest BCUT2D eigenvalue weighted by atomic mass is 9.98. The van der Waals surface area contributed by atoms with Gasteiger partial charge in [0, 0.05) is 6.42 Å². The van der Waals surface area contributed by atoms with E-state index >= 15 is 0 Å². The van der Waals surface area contributed by atoms with E-state index in [2.05, 4.69) is 17.6 Å². The van der Waals surface area contributed by atoms with Crippen LogP contribution >= 0.6 is 0 Å². The van der Waals surface area contributed by atoms with Gasteiger partial charge in [-0.1, -0.05) is 6.58 Å². The Morgan fingerprint density at radius 1 is 1.67 bits per heavy atom. The second kappa shape index (κ2) is 4.57. The molecule has 80 valence electrons. The van der Waals surface area contributed by atoms with Gasteiger partial charge in [0.2, 0.25) is 11.8 Å². The molecule has 0 bridgehead atoms. The molecule has 1 rings (SSSR count). The first-order valence-electron chi connectivity index (χ1n) is 4.50. The summed E-state index contributed by atoms with van der Waals surface area (Å²) in [5, 5.41) is 2.10. The molecule has 5 heteroatoms. The Bertz CT molecular complexity index is 366. The van der Waals surface area contributed by atoms with E-state index in [9.17, 15) is 14.4 Å². The van der Waals surface area contributed by atoms with E-state index in [1.54, 1.807) is 6.92 Å². The van der Waals surface area contributed by atoms with Gasteiger partial charge in [0.05, 0.1) is 18.1 Å². The summed E-state index contributed by atoms with van der Waals surface area (Å²) in [6, 6.07) is 0. The second-order valence-corrected chi connectivity index (χ2v) is 2.98. The molecular formula is C10H11NO4. The summed E-state index contributed by atoms with van der Waals surface area (Å²) < 4.78 is 4.72. The van der Waals surface area contributed by atoms with Gasteiger partial charge in [-0.15, -0.1) is 5.73 Å². The molecule has 1 heterocycles. The Morgan fingerprint density at radius 3 is 2.73 bits per heavy atom. The number of rotatable bonds is 3. The Balaban J connectivity index is 2.85. The number of carbonyl (C=O) groups excluding carboxylic acids is 3. The number of nitrogens with one attached hydrogen (secondary N) is 1. The Hall–Kier alpha value is -1.87. The molecule has 1 aliphatic rings. The van der Waals surface area contributed by atoms with Crippen LogP contribution in [0.4, 0.5) is 0 Å². The van der Waals surface area contributed by atoms with Crippen LogP contribution in [0.15, 0.2) is 17.9 Å². The summed E-state index contributed by atoms with van der Waals surface area (Å²) in [7, 11) is 0. The monoisotopic (exact) mass is 209 g/mol. The van der Waals surface area contributed by atoms with Crippen molar-refractivity contribution in [2.45, 2.75) is 13.3 Å². The second-order valence-electron chi connectivity index (χ2n) is 2.98. The first-order valence-corrected chi connectivity index (χ1v) is 4.50.